The Hall–Kier alpha value is -1.71. The molecule has 1 aliphatic heterocycles. The van der Waals surface area contributed by atoms with Gasteiger partial charge in [-0.15, -0.1) is 0 Å². The standard InChI is InChI=1S/C18H24O4/c1-12-8-14-15(22-11-17(2,3)10-21-14)9-13(12)18(16(19)20)6-4-5-7-18/h8-9H,4-7,10-11H2,1-3H3,(H,19,20). The van der Waals surface area contributed by atoms with Gasteiger partial charge in [0.05, 0.1) is 18.6 Å². The molecule has 1 N–H and O–H groups in total. The minimum absolute atomic E-state index is 0.0507. The normalized spacial score (nSPS) is 22.1. The van der Waals surface area contributed by atoms with Gasteiger partial charge in [-0.25, -0.2) is 0 Å². The number of carbonyl (C=O) groups is 1. The summed E-state index contributed by atoms with van der Waals surface area (Å²) in [5, 5.41) is 9.81. The van der Waals surface area contributed by atoms with Crippen LogP contribution in [0.1, 0.15) is 50.7 Å². The summed E-state index contributed by atoms with van der Waals surface area (Å²) in [6.45, 7) is 7.34. The van der Waals surface area contributed by atoms with Gasteiger partial charge in [0.1, 0.15) is 0 Å². The van der Waals surface area contributed by atoms with Crippen LogP contribution in [-0.2, 0) is 10.2 Å². The quantitative estimate of drug-likeness (QED) is 0.905. The summed E-state index contributed by atoms with van der Waals surface area (Å²) >= 11 is 0. The van der Waals surface area contributed by atoms with Gasteiger partial charge in [-0.1, -0.05) is 26.7 Å². The van der Waals surface area contributed by atoms with Gasteiger partial charge in [0, 0.05) is 5.41 Å². The van der Waals surface area contributed by atoms with Crippen LogP contribution in [-0.4, -0.2) is 24.3 Å². The number of aliphatic carboxylic acids is 1. The fourth-order valence-electron chi connectivity index (χ4n) is 3.57. The number of rotatable bonds is 2. The van der Waals surface area contributed by atoms with E-state index in [9.17, 15) is 9.90 Å². The molecular formula is C18H24O4. The van der Waals surface area contributed by atoms with Crippen molar-refractivity contribution >= 4 is 5.97 Å². The number of carboxylic acid groups (broad SMARTS) is 1. The fourth-order valence-corrected chi connectivity index (χ4v) is 3.57. The Bertz CT molecular complexity index is 597. The zero-order valence-corrected chi connectivity index (χ0v) is 13.6. The maximum absolute atomic E-state index is 11.9. The Balaban J connectivity index is 2.05. The maximum atomic E-state index is 11.9. The van der Waals surface area contributed by atoms with E-state index in [4.69, 9.17) is 9.47 Å². The van der Waals surface area contributed by atoms with Crippen molar-refractivity contribution in [3.8, 4) is 11.5 Å². The highest BCUT2D eigenvalue weighted by atomic mass is 16.5. The summed E-state index contributed by atoms with van der Waals surface area (Å²) in [5.74, 6) is 0.687. The van der Waals surface area contributed by atoms with Crippen LogP contribution < -0.4 is 9.47 Å². The molecule has 4 heteroatoms. The lowest BCUT2D eigenvalue weighted by Crippen LogP contribution is -2.33. The number of benzene rings is 1. The van der Waals surface area contributed by atoms with Gasteiger partial charge in [0.25, 0.3) is 0 Å². The molecule has 0 aromatic heterocycles. The number of hydrogen-bond donors (Lipinski definition) is 1. The molecule has 0 amide bonds. The molecule has 0 atom stereocenters. The fraction of sp³-hybridized carbons (Fsp3) is 0.611. The molecule has 1 aromatic rings. The van der Waals surface area contributed by atoms with Crippen LogP contribution >= 0.6 is 0 Å². The van der Waals surface area contributed by atoms with E-state index >= 15 is 0 Å². The number of aryl methyl sites for hydroxylation is 1. The van der Waals surface area contributed by atoms with E-state index in [0.717, 1.165) is 29.7 Å². The Morgan fingerprint density at radius 3 is 2.18 bits per heavy atom. The van der Waals surface area contributed by atoms with Gasteiger partial charge in [0.2, 0.25) is 0 Å². The van der Waals surface area contributed by atoms with E-state index in [1.807, 2.05) is 19.1 Å². The molecule has 22 heavy (non-hydrogen) atoms. The average molecular weight is 304 g/mol. The van der Waals surface area contributed by atoms with Crippen molar-refractivity contribution < 1.29 is 19.4 Å². The van der Waals surface area contributed by atoms with Crippen molar-refractivity contribution in [2.75, 3.05) is 13.2 Å². The Morgan fingerprint density at radius 2 is 1.64 bits per heavy atom. The highest BCUT2D eigenvalue weighted by Gasteiger charge is 2.44. The topological polar surface area (TPSA) is 55.8 Å². The van der Waals surface area contributed by atoms with Crippen molar-refractivity contribution in [1.82, 2.24) is 0 Å². The first-order valence-corrected chi connectivity index (χ1v) is 7.98. The predicted octanol–water partition coefficient (Wildman–Crippen LogP) is 3.69. The summed E-state index contributed by atoms with van der Waals surface area (Å²) in [6.07, 6.45) is 3.34. The summed E-state index contributed by atoms with van der Waals surface area (Å²) in [7, 11) is 0. The minimum Gasteiger partial charge on any atom is -0.489 e. The van der Waals surface area contributed by atoms with Crippen LogP contribution in [0.4, 0.5) is 0 Å². The van der Waals surface area contributed by atoms with E-state index in [0.29, 0.717) is 31.8 Å². The predicted molar refractivity (Wildman–Crippen MR) is 83.7 cm³/mol. The van der Waals surface area contributed by atoms with Crippen LogP contribution in [0.2, 0.25) is 0 Å². The van der Waals surface area contributed by atoms with Crippen molar-refractivity contribution in [2.24, 2.45) is 5.41 Å². The SMILES string of the molecule is Cc1cc2c(cc1C1(C(=O)O)CCCC1)OCC(C)(C)CO2. The third-order valence-electron chi connectivity index (χ3n) is 4.91. The summed E-state index contributed by atoms with van der Waals surface area (Å²) in [4.78, 5) is 11.9. The van der Waals surface area contributed by atoms with E-state index in [1.165, 1.54) is 0 Å². The van der Waals surface area contributed by atoms with Gasteiger partial charge in [-0.3, -0.25) is 4.79 Å². The van der Waals surface area contributed by atoms with E-state index in [2.05, 4.69) is 13.8 Å². The third-order valence-corrected chi connectivity index (χ3v) is 4.91. The van der Waals surface area contributed by atoms with Crippen molar-refractivity contribution in [2.45, 2.75) is 51.9 Å². The lowest BCUT2D eigenvalue weighted by atomic mass is 9.77. The van der Waals surface area contributed by atoms with Gasteiger partial charge >= 0.3 is 5.97 Å². The highest BCUT2D eigenvalue weighted by molar-refractivity contribution is 5.83. The molecule has 0 radical (unpaired) electrons. The maximum Gasteiger partial charge on any atom is 0.314 e. The van der Waals surface area contributed by atoms with Crippen LogP contribution in [0, 0.1) is 12.3 Å². The number of carboxylic acids is 1. The van der Waals surface area contributed by atoms with Crippen LogP contribution in [0.25, 0.3) is 0 Å². The first-order chi connectivity index (χ1) is 10.3. The van der Waals surface area contributed by atoms with E-state index < -0.39 is 11.4 Å². The molecule has 0 bridgehead atoms. The first kappa shape index (κ1) is 15.2. The Morgan fingerprint density at radius 1 is 1.09 bits per heavy atom. The molecule has 0 saturated heterocycles. The summed E-state index contributed by atoms with van der Waals surface area (Å²) < 4.78 is 11.8. The third kappa shape index (κ3) is 2.44. The molecule has 2 aliphatic rings. The number of fused-ring (bicyclic) bond motifs is 1. The highest BCUT2D eigenvalue weighted by Crippen LogP contribution is 2.46. The first-order valence-electron chi connectivity index (χ1n) is 7.98. The van der Waals surface area contributed by atoms with Crippen molar-refractivity contribution in [3.63, 3.8) is 0 Å². The van der Waals surface area contributed by atoms with E-state index in [1.54, 1.807) is 0 Å². The second-order valence-corrected chi connectivity index (χ2v) is 7.45. The molecule has 3 rings (SSSR count). The second-order valence-electron chi connectivity index (χ2n) is 7.45. The average Bonchev–Trinajstić information content (AvgIpc) is 2.89. The molecule has 4 nitrogen and oxygen atoms in total. The van der Waals surface area contributed by atoms with Gasteiger partial charge in [-0.05, 0) is 43.0 Å². The molecular weight excluding hydrogens is 280 g/mol. The van der Waals surface area contributed by atoms with Gasteiger partial charge in [-0.2, -0.15) is 0 Å². The molecule has 0 spiro atoms. The zero-order valence-electron chi connectivity index (χ0n) is 13.6. The van der Waals surface area contributed by atoms with Gasteiger partial charge < -0.3 is 14.6 Å². The number of ether oxygens (including phenoxy) is 2. The van der Waals surface area contributed by atoms with Crippen molar-refractivity contribution in [1.29, 1.82) is 0 Å². The Labute approximate surface area is 131 Å². The monoisotopic (exact) mass is 304 g/mol. The molecule has 1 aromatic carbocycles. The largest absolute Gasteiger partial charge is 0.489 e. The lowest BCUT2D eigenvalue weighted by molar-refractivity contribution is -0.143. The van der Waals surface area contributed by atoms with Crippen molar-refractivity contribution in [3.05, 3.63) is 23.3 Å². The zero-order chi connectivity index (χ0) is 16.0. The minimum atomic E-state index is -0.760. The number of hydrogen-bond acceptors (Lipinski definition) is 3. The van der Waals surface area contributed by atoms with Crippen LogP contribution in [0.15, 0.2) is 12.1 Å². The molecule has 0 unspecified atom stereocenters. The molecule has 1 aliphatic carbocycles. The van der Waals surface area contributed by atoms with Crippen LogP contribution in [0.3, 0.4) is 0 Å². The lowest BCUT2D eigenvalue weighted by Gasteiger charge is -2.27. The molecule has 1 heterocycles. The summed E-state index contributed by atoms with van der Waals surface area (Å²) in [6, 6.07) is 3.85. The molecule has 1 fully saturated rings. The summed E-state index contributed by atoms with van der Waals surface area (Å²) in [5.41, 5.74) is 1.06. The van der Waals surface area contributed by atoms with Gasteiger partial charge in [0.15, 0.2) is 11.5 Å². The smallest absolute Gasteiger partial charge is 0.314 e. The van der Waals surface area contributed by atoms with E-state index in [-0.39, 0.29) is 5.41 Å². The molecule has 1 saturated carbocycles. The Kier molecular flexibility index (Phi) is 3.58. The van der Waals surface area contributed by atoms with Crippen LogP contribution in [0.5, 0.6) is 11.5 Å². The molecule has 120 valence electrons. The second kappa shape index (κ2) is 5.18.